The predicted molar refractivity (Wildman–Crippen MR) is 76.6 cm³/mol. The van der Waals surface area contributed by atoms with E-state index < -0.39 is 0 Å². The van der Waals surface area contributed by atoms with Gasteiger partial charge in [-0.1, -0.05) is 0 Å². The molecule has 1 N–H and O–H groups in total. The molecule has 1 aliphatic rings. The number of carbonyl (C=O) groups is 1. The summed E-state index contributed by atoms with van der Waals surface area (Å²) in [5, 5.41) is 2.87. The van der Waals surface area contributed by atoms with Crippen LogP contribution in [0.25, 0.3) is 0 Å². The number of hydrogen-bond acceptors (Lipinski definition) is 3. The number of carbonyl (C=O) groups excluding carboxylic acids is 1. The number of unbranched alkanes of at least 4 members (excludes halogenated alkanes) is 2. The number of benzene rings is 1. The molecular weight excluding hydrogens is 246 g/mol. The SMILES string of the molecule is O=C1CCc2cc(OCCCCCS)ccc2N1. The smallest absolute Gasteiger partial charge is 0.224 e. The van der Waals surface area contributed by atoms with E-state index in [4.69, 9.17) is 4.74 Å². The van der Waals surface area contributed by atoms with Gasteiger partial charge in [-0.25, -0.2) is 0 Å². The van der Waals surface area contributed by atoms with E-state index in [1.54, 1.807) is 0 Å². The first-order chi connectivity index (χ1) is 8.79. The zero-order valence-electron chi connectivity index (χ0n) is 10.4. The van der Waals surface area contributed by atoms with Gasteiger partial charge in [-0.3, -0.25) is 4.79 Å². The van der Waals surface area contributed by atoms with Gasteiger partial charge in [-0.15, -0.1) is 0 Å². The Bertz CT molecular complexity index is 420. The third kappa shape index (κ3) is 3.67. The molecule has 1 aromatic rings. The average Bonchev–Trinajstić information content (AvgIpc) is 2.38. The minimum atomic E-state index is 0.0999. The lowest BCUT2D eigenvalue weighted by molar-refractivity contribution is -0.116. The van der Waals surface area contributed by atoms with Crippen LogP contribution in [-0.4, -0.2) is 18.3 Å². The summed E-state index contributed by atoms with van der Waals surface area (Å²) in [6.07, 6.45) is 4.73. The molecule has 0 saturated carbocycles. The molecule has 1 aliphatic heterocycles. The number of amides is 1. The van der Waals surface area contributed by atoms with E-state index in [1.165, 1.54) is 5.56 Å². The normalized spacial score (nSPS) is 13.9. The molecule has 4 heteroatoms. The Labute approximate surface area is 113 Å². The van der Waals surface area contributed by atoms with Crippen molar-refractivity contribution in [1.82, 2.24) is 0 Å². The molecule has 0 fully saturated rings. The standard InChI is InChI=1S/C14H19NO2S/c16-14-7-4-11-10-12(5-6-13(11)15-14)17-8-2-1-3-9-18/h5-6,10,18H,1-4,7-9H2,(H,15,16). The molecule has 0 radical (unpaired) electrons. The highest BCUT2D eigenvalue weighted by atomic mass is 32.1. The maximum absolute atomic E-state index is 11.2. The van der Waals surface area contributed by atoms with E-state index in [0.29, 0.717) is 6.42 Å². The number of hydrogen-bond donors (Lipinski definition) is 2. The van der Waals surface area contributed by atoms with Crippen LogP contribution in [0.4, 0.5) is 5.69 Å². The molecule has 1 heterocycles. The molecule has 0 saturated heterocycles. The highest BCUT2D eigenvalue weighted by Crippen LogP contribution is 2.26. The van der Waals surface area contributed by atoms with E-state index in [9.17, 15) is 4.79 Å². The van der Waals surface area contributed by atoms with Gasteiger partial charge in [0.15, 0.2) is 0 Å². The summed E-state index contributed by atoms with van der Waals surface area (Å²) < 4.78 is 5.71. The predicted octanol–water partition coefficient (Wildman–Crippen LogP) is 3.05. The fourth-order valence-corrected chi connectivity index (χ4v) is 2.25. The number of anilines is 1. The molecule has 0 spiro atoms. The van der Waals surface area contributed by atoms with E-state index in [1.807, 2.05) is 18.2 Å². The summed E-state index contributed by atoms with van der Waals surface area (Å²) in [4.78, 5) is 11.2. The first-order valence-electron chi connectivity index (χ1n) is 6.46. The van der Waals surface area contributed by atoms with E-state index in [0.717, 1.165) is 49.5 Å². The number of aryl methyl sites for hydroxylation is 1. The van der Waals surface area contributed by atoms with Crippen molar-refractivity contribution in [3.05, 3.63) is 23.8 Å². The second-order valence-corrected chi connectivity index (χ2v) is 4.95. The van der Waals surface area contributed by atoms with Crippen LogP contribution < -0.4 is 10.1 Å². The zero-order valence-corrected chi connectivity index (χ0v) is 11.3. The molecule has 0 atom stereocenters. The number of thiol groups is 1. The molecule has 0 aromatic heterocycles. The molecule has 0 unspecified atom stereocenters. The second-order valence-electron chi connectivity index (χ2n) is 4.50. The van der Waals surface area contributed by atoms with Gasteiger partial charge in [0.05, 0.1) is 6.61 Å². The van der Waals surface area contributed by atoms with Crippen LogP contribution in [0, 0.1) is 0 Å². The molecule has 3 nitrogen and oxygen atoms in total. The lowest BCUT2D eigenvalue weighted by Crippen LogP contribution is -2.18. The lowest BCUT2D eigenvalue weighted by Gasteiger charge is -2.17. The van der Waals surface area contributed by atoms with Crippen molar-refractivity contribution >= 4 is 24.2 Å². The Morgan fingerprint density at radius 2 is 2.11 bits per heavy atom. The Balaban J connectivity index is 1.85. The van der Waals surface area contributed by atoms with Gasteiger partial charge < -0.3 is 10.1 Å². The topological polar surface area (TPSA) is 38.3 Å². The molecule has 18 heavy (non-hydrogen) atoms. The van der Waals surface area contributed by atoms with Crippen molar-refractivity contribution in [2.24, 2.45) is 0 Å². The maximum atomic E-state index is 11.2. The second kappa shape index (κ2) is 6.69. The van der Waals surface area contributed by atoms with Crippen molar-refractivity contribution in [2.45, 2.75) is 32.1 Å². The third-order valence-corrected chi connectivity index (χ3v) is 3.36. The van der Waals surface area contributed by atoms with Crippen molar-refractivity contribution < 1.29 is 9.53 Å². The summed E-state index contributed by atoms with van der Waals surface area (Å²) in [6.45, 7) is 0.749. The minimum absolute atomic E-state index is 0.0999. The first-order valence-corrected chi connectivity index (χ1v) is 7.09. The average molecular weight is 265 g/mol. The van der Waals surface area contributed by atoms with E-state index >= 15 is 0 Å². The summed E-state index contributed by atoms with van der Waals surface area (Å²) in [6, 6.07) is 5.88. The maximum Gasteiger partial charge on any atom is 0.224 e. The van der Waals surface area contributed by atoms with Crippen LogP contribution in [0.15, 0.2) is 18.2 Å². The van der Waals surface area contributed by atoms with Gasteiger partial charge >= 0.3 is 0 Å². The molecule has 98 valence electrons. The van der Waals surface area contributed by atoms with Crippen LogP contribution in [-0.2, 0) is 11.2 Å². The van der Waals surface area contributed by atoms with Crippen LogP contribution in [0.5, 0.6) is 5.75 Å². The summed E-state index contributed by atoms with van der Waals surface area (Å²) in [5.41, 5.74) is 2.09. The van der Waals surface area contributed by atoms with Gasteiger partial charge in [0, 0.05) is 12.1 Å². The minimum Gasteiger partial charge on any atom is -0.494 e. The Morgan fingerprint density at radius 1 is 1.22 bits per heavy atom. The van der Waals surface area contributed by atoms with Gasteiger partial charge in [0.2, 0.25) is 5.91 Å². The number of nitrogens with one attached hydrogen (secondary N) is 1. The van der Waals surface area contributed by atoms with Gasteiger partial charge in [0.25, 0.3) is 0 Å². The highest BCUT2D eigenvalue weighted by molar-refractivity contribution is 7.80. The number of rotatable bonds is 6. The van der Waals surface area contributed by atoms with Gasteiger partial charge in [-0.05, 0) is 55.2 Å². The van der Waals surface area contributed by atoms with Crippen LogP contribution in [0.2, 0.25) is 0 Å². The Kier molecular flexibility index (Phi) is 4.93. The number of fused-ring (bicyclic) bond motifs is 1. The zero-order chi connectivity index (χ0) is 12.8. The third-order valence-electron chi connectivity index (χ3n) is 3.04. The molecule has 1 amide bonds. The molecule has 1 aromatic carbocycles. The van der Waals surface area contributed by atoms with Crippen LogP contribution >= 0.6 is 12.6 Å². The quantitative estimate of drug-likeness (QED) is 0.613. The van der Waals surface area contributed by atoms with Crippen molar-refractivity contribution in [1.29, 1.82) is 0 Å². The first kappa shape index (κ1) is 13.3. The monoisotopic (exact) mass is 265 g/mol. The van der Waals surface area contributed by atoms with Gasteiger partial charge in [0.1, 0.15) is 5.75 Å². The summed E-state index contributed by atoms with van der Waals surface area (Å²) in [7, 11) is 0. The molecule has 0 bridgehead atoms. The van der Waals surface area contributed by atoms with Gasteiger partial charge in [-0.2, -0.15) is 12.6 Å². The Morgan fingerprint density at radius 3 is 2.94 bits per heavy atom. The van der Waals surface area contributed by atoms with E-state index in [2.05, 4.69) is 17.9 Å². The van der Waals surface area contributed by atoms with Crippen molar-refractivity contribution in [2.75, 3.05) is 17.7 Å². The highest BCUT2D eigenvalue weighted by Gasteiger charge is 2.14. The lowest BCUT2D eigenvalue weighted by atomic mass is 10.0. The number of ether oxygens (including phenoxy) is 1. The molecular formula is C14H19NO2S. The fourth-order valence-electron chi connectivity index (χ4n) is 2.03. The van der Waals surface area contributed by atoms with Crippen LogP contribution in [0.1, 0.15) is 31.2 Å². The summed E-state index contributed by atoms with van der Waals surface area (Å²) >= 11 is 4.18. The molecule has 0 aliphatic carbocycles. The van der Waals surface area contributed by atoms with Crippen LogP contribution in [0.3, 0.4) is 0 Å². The molecule has 2 rings (SSSR count). The van der Waals surface area contributed by atoms with Crippen molar-refractivity contribution in [3.63, 3.8) is 0 Å². The largest absolute Gasteiger partial charge is 0.494 e. The summed E-state index contributed by atoms with van der Waals surface area (Å²) in [5.74, 6) is 1.94. The fraction of sp³-hybridized carbons (Fsp3) is 0.500. The van der Waals surface area contributed by atoms with Crippen molar-refractivity contribution in [3.8, 4) is 5.75 Å². The Hall–Kier alpha value is -1.16. The van der Waals surface area contributed by atoms with E-state index in [-0.39, 0.29) is 5.91 Å².